The summed E-state index contributed by atoms with van der Waals surface area (Å²) in [7, 11) is 0. The second-order valence-electron chi connectivity index (χ2n) is 6.74. The molecule has 1 aromatic rings. The molecule has 0 aromatic carbocycles. The molecule has 0 unspecified atom stereocenters. The molecule has 0 radical (unpaired) electrons. The molecule has 0 spiro atoms. The molecule has 2 aliphatic rings. The second kappa shape index (κ2) is 6.79. The van der Waals surface area contributed by atoms with Gasteiger partial charge in [-0.2, -0.15) is 0 Å². The molecule has 122 valence electrons. The van der Waals surface area contributed by atoms with Crippen LogP contribution in [0.15, 0.2) is 18.7 Å². The van der Waals surface area contributed by atoms with Gasteiger partial charge in [-0.3, -0.25) is 4.79 Å². The smallest absolute Gasteiger partial charge is 0.228 e. The molecular formula is C16H26N4O2. The lowest BCUT2D eigenvalue weighted by Crippen LogP contribution is -2.42. The van der Waals surface area contributed by atoms with E-state index in [1.165, 1.54) is 0 Å². The summed E-state index contributed by atoms with van der Waals surface area (Å²) in [5.74, 6) is 0.655. The number of aliphatic hydroxyl groups is 1. The van der Waals surface area contributed by atoms with Crippen LogP contribution in [0, 0.1) is 11.3 Å². The number of carbonyl (C=O) groups excluding carboxylic acids is 1. The van der Waals surface area contributed by atoms with E-state index in [0.717, 1.165) is 51.9 Å². The minimum absolute atomic E-state index is 0.187. The Kier molecular flexibility index (Phi) is 4.78. The van der Waals surface area contributed by atoms with Crippen LogP contribution in [0.2, 0.25) is 0 Å². The minimum atomic E-state index is -0.204. The topological polar surface area (TPSA) is 70.4 Å². The predicted octanol–water partition coefficient (Wildman–Crippen LogP) is 0.484. The fourth-order valence-electron chi connectivity index (χ4n) is 3.25. The maximum absolute atomic E-state index is 12.4. The first kappa shape index (κ1) is 15.5. The maximum atomic E-state index is 12.4. The van der Waals surface area contributed by atoms with Crippen LogP contribution >= 0.6 is 0 Å². The van der Waals surface area contributed by atoms with Gasteiger partial charge in [0.25, 0.3) is 0 Å². The number of aromatic nitrogens is 2. The first-order valence-corrected chi connectivity index (χ1v) is 8.29. The molecule has 1 saturated heterocycles. The molecule has 3 rings (SSSR count). The van der Waals surface area contributed by atoms with Gasteiger partial charge in [0, 0.05) is 38.6 Å². The van der Waals surface area contributed by atoms with Crippen LogP contribution in [-0.2, 0) is 11.3 Å². The number of hydrogen-bond donors (Lipinski definition) is 2. The molecule has 1 aliphatic carbocycles. The molecule has 2 fully saturated rings. The third-order valence-electron chi connectivity index (χ3n) is 5.06. The Balaban J connectivity index is 1.38. The zero-order valence-electron chi connectivity index (χ0n) is 13.1. The maximum Gasteiger partial charge on any atom is 0.228 e. The number of nitrogens with zero attached hydrogens (tertiary/aromatic N) is 3. The van der Waals surface area contributed by atoms with E-state index in [1.54, 1.807) is 12.5 Å². The monoisotopic (exact) mass is 306 g/mol. The van der Waals surface area contributed by atoms with Gasteiger partial charge in [0.15, 0.2) is 0 Å². The zero-order chi connectivity index (χ0) is 15.4. The van der Waals surface area contributed by atoms with E-state index in [9.17, 15) is 4.79 Å². The fraction of sp³-hybridized carbons (Fsp3) is 0.750. The summed E-state index contributed by atoms with van der Waals surface area (Å²) in [6.07, 6.45) is 9.52. The number of imidazole rings is 1. The number of carbonyl (C=O) groups is 1. The SMILES string of the molecule is O=C(NCCN1CCC(CO)CC1)C1(Cn2ccnc2)CC1. The highest BCUT2D eigenvalue weighted by molar-refractivity contribution is 5.85. The molecule has 2 N–H and O–H groups in total. The lowest BCUT2D eigenvalue weighted by atomic mass is 9.98. The Morgan fingerprint density at radius 1 is 1.36 bits per heavy atom. The van der Waals surface area contributed by atoms with Gasteiger partial charge in [0.1, 0.15) is 0 Å². The van der Waals surface area contributed by atoms with Crippen molar-refractivity contribution in [3.05, 3.63) is 18.7 Å². The van der Waals surface area contributed by atoms with Crippen LogP contribution in [-0.4, -0.2) is 58.3 Å². The molecule has 1 aromatic heterocycles. The van der Waals surface area contributed by atoms with Gasteiger partial charge in [0.2, 0.25) is 5.91 Å². The number of amides is 1. The van der Waals surface area contributed by atoms with E-state index in [2.05, 4.69) is 15.2 Å². The standard InChI is InChI=1S/C16H26N4O2/c21-11-14-1-7-19(8-2-14)10-6-18-15(22)16(3-4-16)12-20-9-5-17-13-20/h5,9,13-14,21H,1-4,6-8,10-12H2,(H,18,22). The summed E-state index contributed by atoms with van der Waals surface area (Å²) in [4.78, 5) is 18.8. The third-order valence-corrected chi connectivity index (χ3v) is 5.06. The van der Waals surface area contributed by atoms with Gasteiger partial charge in [-0.25, -0.2) is 4.98 Å². The Labute approximate surface area is 131 Å². The summed E-state index contributed by atoms with van der Waals surface area (Å²) in [6, 6.07) is 0. The number of nitrogens with one attached hydrogen (secondary N) is 1. The summed E-state index contributed by atoms with van der Waals surface area (Å²) >= 11 is 0. The highest BCUT2D eigenvalue weighted by atomic mass is 16.3. The molecule has 1 amide bonds. The lowest BCUT2D eigenvalue weighted by Gasteiger charge is -2.31. The van der Waals surface area contributed by atoms with Crippen molar-refractivity contribution >= 4 is 5.91 Å². The van der Waals surface area contributed by atoms with Crippen LogP contribution in [0.25, 0.3) is 0 Å². The zero-order valence-corrected chi connectivity index (χ0v) is 13.1. The molecule has 1 aliphatic heterocycles. The fourth-order valence-corrected chi connectivity index (χ4v) is 3.25. The average Bonchev–Trinajstić information content (AvgIpc) is 3.14. The van der Waals surface area contributed by atoms with Crippen molar-refractivity contribution in [2.45, 2.75) is 32.2 Å². The van der Waals surface area contributed by atoms with E-state index in [0.29, 0.717) is 19.1 Å². The van der Waals surface area contributed by atoms with Crippen LogP contribution in [0.5, 0.6) is 0 Å². The van der Waals surface area contributed by atoms with E-state index >= 15 is 0 Å². The van der Waals surface area contributed by atoms with Crippen molar-refractivity contribution in [1.29, 1.82) is 0 Å². The number of rotatable bonds is 7. The molecule has 0 atom stereocenters. The third kappa shape index (κ3) is 3.67. The summed E-state index contributed by atoms with van der Waals surface area (Å²) in [5.41, 5.74) is -0.204. The molecule has 6 nitrogen and oxygen atoms in total. The first-order valence-electron chi connectivity index (χ1n) is 8.29. The molecule has 1 saturated carbocycles. The largest absolute Gasteiger partial charge is 0.396 e. The summed E-state index contributed by atoms with van der Waals surface area (Å²) < 4.78 is 1.99. The van der Waals surface area contributed by atoms with Gasteiger partial charge in [0.05, 0.1) is 11.7 Å². The van der Waals surface area contributed by atoms with Crippen molar-refractivity contribution < 1.29 is 9.90 Å². The molecule has 6 heteroatoms. The molecule has 0 bridgehead atoms. The molecule has 22 heavy (non-hydrogen) atoms. The van der Waals surface area contributed by atoms with E-state index in [1.807, 2.05) is 10.8 Å². The van der Waals surface area contributed by atoms with Gasteiger partial charge in [-0.05, 0) is 44.7 Å². The van der Waals surface area contributed by atoms with E-state index < -0.39 is 0 Å². The molecule has 2 heterocycles. The number of piperidine rings is 1. The average molecular weight is 306 g/mol. The Hall–Kier alpha value is -1.40. The van der Waals surface area contributed by atoms with Crippen molar-refractivity contribution in [2.75, 3.05) is 32.8 Å². The Morgan fingerprint density at radius 2 is 2.14 bits per heavy atom. The summed E-state index contributed by atoms with van der Waals surface area (Å²) in [5, 5.41) is 12.3. The van der Waals surface area contributed by atoms with Crippen molar-refractivity contribution in [2.24, 2.45) is 11.3 Å². The minimum Gasteiger partial charge on any atom is -0.396 e. The Morgan fingerprint density at radius 3 is 2.73 bits per heavy atom. The van der Waals surface area contributed by atoms with Gasteiger partial charge in [-0.15, -0.1) is 0 Å². The lowest BCUT2D eigenvalue weighted by molar-refractivity contribution is -0.126. The number of hydrogen-bond acceptors (Lipinski definition) is 4. The van der Waals surface area contributed by atoms with Crippen LogP contribution in [0.3, 0.4) is 0 Å². The number of aliphatic hydroxyl groups excluding tert-OH is 1. The van der Waals surface area contributed by atoms with Crippen molar-refractivity contribution in [1.82, 2.24) is 19.8 Å². The highest BCUT2D eigenvalue weighted by Crippen LogP contribution is 2.47. The van der Waals surface area contributed by atoms with Crippen molar-refractivity contribution in [3.63, 3.8) is 0 Å². The first-order chi connectivity index (χ1) is 10.7. The Bertz CT molecular complexity index is 476. The van der Waals surface area contributed by atoms with Crippen LogP contribution in [0.4, 0.5) is 0 Å². The van der Waals surface area contributed by atoms with Gasteiger partial charge >= 0.3 is 0 Å². The van der Waals surface area contributed by atoms with E-state index in [4.69, 9.17) is 5.11 Å². The van der Waals surface area contributed by atoms with Crippen LogP contribution < -0.4 is 5.32 Å². The second-order valence-corrected chi connectivity index (χ2v) is 6.74. The predicted molar refractivity (Wildman–Crippen MR) is 83.2 cm³/mol. The van der Waals surface area contributed by atoms with Gasteiger partial charge in [-0.1, -0.05) is 0 Å². The van der Waals surface area contributed by atoms with Crippen molar-refractivity contribution in [3.8, 4) is 0 Å². The van der Waals surface area contributed by atoms with Gasteiger partial charge < -0.3 is 19.9 Å². The highest BCUT2D eigenvalue weighted by Gasteiger charge is 2.49. The van der Waals surface area contributed by atoms with Crippen LogP contribution in [0.1, 0.15) is 25.7 Å². The van der Waals surface area contributed by atoms with E-state index in [-0.39, 0.29) is 11.3 Å². The molecular weight excluding hydrogens is 280 g/mol. The number of likely N-dealkylation sites (tertiary alicyclic amines) is 1. The quantitative estimate of drug-likeness (QED) is 0.769. The summed E-state index contributed by atoms with van der Waals surface area (Å²) in [6.45, 7) is 4.73. The normalized spacial score (nSPS) is 21.7.